The molecule has 11 heavy (non-hydrogen) atoms. The fraction of sp³-hybridized carbons (Fsp3) is 0.400. The van der Waals surface area contributed by atoms with Crippen LogP contribution in [0.1, 0.15) is 13.3 Å². The first kappa shape index (κ1) is 8.10. The van der Waals surface area contributed by atoms with Gasteiger partial charge < -0.3 is 4.74 Å². The molecule has 0 spiro atoms. The van der Waals surface area contributed by atoms with Gasteiger partial charge in [0.1, 0.15) is 0 Å². The maximum absolute atomic E-state index is 5.27. The molecular formula is C10H12O. The van der Waals surface area contributed by atoms with E-state index in [0.717, 1.165) is 13.0 Å². The predicted molar refractivity (Wildman–Crippen MR) is 46.1 cm³/mol. The normalized spacial score (nSPS) is 18.9. The third kappa shape index (κ3) is 2.25. The molecule has 0 radical (unpaired) electrons. The molecule has 0 amide bonds. The minimum Gasteiger partial charge on any atom is -0.376 e. The van der Waals surface area contributed by atoms with Crippen LogP contribution >= 0.6 is 0 Å². The van der Waals surface area contributed by atoms with Crippen molar-refractivity contribution in [2.24, 2.45) is 0 Å². The van der Waals surface area contributed by atoms with Crippen molar-refractivity contribution in [1.29, 1.82) is 0 Å². The van der Waals surface area contributed by atoms with Crippen LogP contribution in [0.3, 0.4) is 0 Å². The highest BCUT2D eigenvalue weighted by Crippen LogP contribution is 2.15. The lowest BCUT2D eigenvalue weighted by atomic mass is 10.1. The zero-order valence-corrected chi connectivity index (χ0v) is 6.76. The van der Waals surface area contributed by atoms with Crippen LogP contribution < -0.4 is 0 Å². The van der Waals surface area contributed by atoms with Crippen LogP contribution in [0.5, 0.6) is 0 Å². The van der Waals surface area contributed by atoms with Crippen LogP contribution in [-0.4, -0.2) is 13.2 Å². The van der Waals surface area contributed by atoms with E-state index in [1.807, 2.05) is 6.08 Å². The van der Waals surface area contributed by atoms with E-state index in [1.165, 1.54) is 11.1 Å². The quantitative estimate of drug-likeness (QED) is 0.516. The van der Waals surface area contributed by atoms with Crippen molar-refractivity contribution in [3.05, 3.63) is 23.3 Å². The Morgan fingerprint density at radius 1 is 1.64 bits per heavy atom. The molecule has 0 N–H and O–H groups in total. The molecule has 0 aliphatic carbocycles. The Morgan fingerprint density at radius 3 is 3.09 bits per heavy atom. The summed E-state index contributed by atoms with van der Waals surface area (Å²) in [6, 6.07) is 0. The van der Waals surface area contributed by atoms with Gasteiger partial charge in [-0.15, -0.1) is 6.42 Å². The molecule has 0 saturated carbocycles. The minimum absolute atomic E-state index is 0.712. The SMILES string of the molecule is C#C/C=C\C1=C(C)CCOC1. The highest BCUT2D eigenvalue weighted by Gasteiger charge is 2.05. The fourth-order valence-electron chi connectivity index (χ4n) is 1.03. The molecule has 0 aromatic heterocycles. The van der Waals surface area contributed by atoms with Gasteiger partial charge in [-0.1, -0.05) is 11.5 Å². The molecular weight excluding hydrogens is 136 g/mol. The Kier molecular flexibility index (Phi) is 2.95. The molecule has 0 bridgehead atoms. The van der Waals surface area contributed by atoms with Gasteiger partial charge in [0.15, 0.2) is 0 Å². The van der Waals surface area contributed by atoms with Gasteiger partial charge in [0, 0.05) is 0 Å². The molecule has 0 unspecified atom stereocenters. The summed E-state index contributed by atoms with van der Waals surface area (Å²) in [4.78, 5) is 0. The first-order valence-corrected chi connectivity index (χ1v) is 3.73. The average Bonchev–Trinajstić information content (AvgIpc) is 2.03. The van der Waals surface area contributed by atoms with E-state index in [2.05, 4.69) is 12.8 Å². The molecule has 0 saturated heterocycles. The summed E-state index contributed by atoms with van der Waals surface area (Å²) in [6.45, 7) is 3.68. The highest BCUT2D eigenvalue weighted by molar-refractivity contribution is 5.30. The molecule has 1 aliphatic heterocycles. The molecule has 0 atom stereocenters. The largest absolute Gasteiger partial charge is 0.376 e. The third-order valence-corrected chi connectivity index (χ3v) is 1.81. The van der Waals surface area contributed by atoms with Crippen molar-refractivity contribution in [3.63, 3.8) is 0 Å². The highest BCUT2D eigenvalue weighted by atomic mass is 16.5. The number of ether oxygens (including phenoxy) is 1. The van der Waals surface area contributed by atoms with Crippen molar-refractivity contribution >= 4 is 0 Å². The summed E-state index contributed by atoms with van der Waals surface area (Å²) in [5, 5.41) is 0. The molecule has 1 nitrogen and oxygen atoms in total. The number of allylic oxidation sites excluding steroid dienone is 1. The van der Waals surface area contributed by atoms with E-state index in [-0.39, 0.29) is 0 Å². The summed E-state index contributed by atoms with van der Waals surface area (Å²) in [7, 11) is 0. The second kappa shape index (κ2) is 4.00. The van der Waals surface area contributed by atoms with Gasteiger partial charge in [0.2, 0.25) is 0 Å². The van der Waals surface area contributed by atoms with Crippen molar-refractivity contribution in [2.75, 3.05) is 13.2 Å². The summed E-state index contributed by atoms with van der Waals surface area (Å²) < 4.78 is 5.27. The summed E-state index contributed by atoms with van der Waals surface area (Å²) in [6.07, 6.45) is 9.79. The maximum atomic E-state index is 5.27. The molecule has 0 fully saturated rings. The van der Waals surface area contributed by atoms with E-state index >= 15 is 0 Å². The molecule has 0 aromatic rings. The maximum Gasteiger partial charge on any atom is 0.0716 e. The van der Waals surface area contributed by atoms with Crippen molar-refractivity contribution in [2.45, 2.75) is 13.3 Å². The smallest absolute Gasteiger partial charge is 0.0716 e. The standard InChI is InChI=1S/C10H12O/c1-3-4-5-10-8-11-7-6-9(10)2/h1,4-5H,6-8H2,2H3/b5-4-. The Balaban J connectivity index is 2.68. The summed E-state index contributed by atoms with van der Waals surface area (Å²) in [5.41, 5.74) is 2.62. The van der Waals surface area contributed by atoms with Crippen LogP contribution in [0.25, 0.3) is 0 Å². The zero-order valence-electron chi connectivity index (χ0n) is 6.76. The van der Waals surface area contributed by atoms with Crippen LogP contribution in [0.2, 0.25) is 0 Å². The van der Waals surface area contributed by atoms with Crippen LogP contribution in [0, 0.1) is 12.3 Å². The predicted octanol–water partition coefficient (Wildman–Crippen LogP) is 1.91. The zero-order chi connectivity index (χ0) is 8.10. The van der Waals surface area contributed by atoms with E-state index in [4.69, 9.17) is 11.2 Å². The first-order chi connectivity index (χ1) is 5.34. The fourth-order valence-corrected chi connectivity index (χ4v) is 1.03. The molecule has 1 rings (SSSR count). The lowest BCUT2D eigenvalue weighted by molar-refractivity contribution is 0.149. The number of hydrogen-bond donors (Lipinski definition) is 0. The van der Waals surface area contributed by atoms with Gasteiger partial charge in [-0.3, -0.25) is 0 Å². The molecule has 0 aromatic carbocycles. The van der Waals surface area contributed by atoms with E-state index in [1.54, 1.807) is 6.08 Å². The second-order valence-corrected chi connectivity index (χ2v) is 2.61. The Bertz CT molecular complexity index is 228. The minimum atomic E-state index is 0.712. The topological polar surface area (TPSA) is 9.23 Å². The Morgan fingerprint density at radius 2 is 2.45 bits per heavy atom. The first-order valence-electron chi connectivity index (χ1n) is 3.73. The van der Waals surface area contributed by atoms with Crippen molar-refractivity contribution in [1.82, 2.24) is 0 Å². The van der Waals surface area contributed by atoms with Crippen LogP contribution in [-0.2, 0) is 4.74 Å². The van der Waals surface area contributed by atoms with E-state index in [0.29, 0.717) is 6.61 Å². The third-order valence-electron chi connectivity index (χ3n) is 1.81. The van der Waals surface area contributed by atoms with Gasteiger partial charge in [-0.25, -0.2) is 0 Å². The van der Waals surface area contributed by atoms with Gasteiger partial charge in [-0.2, -0.15) is 0 Å². The van der Waals surface area contributed by atoms with Crippen molar-refractivity contribution in [3.8, 4) is 12.3 Å². The lowest BCUT2D eigenvalue weighted by Crippen LogP contribution is -2.08. The second-order valence-electron chi connectivity index (χ2n) is 2.61. The van der Waals surface area contributed by atoms with E-state index in [9.17, 15) is 0 Å². The van der Waals surface area contributed by atoms with Crippen LogP contribution in [0.4, 0.5) is 0 Å². The number of terminal acetylenes is 1. The Hall–Kier alpha value is -1.00. The summed E-state index contributed by atoms with van der Waals surface area (Å²) >= 11 is 0. The van der Waals surface area contributed by atoms with Crippen molar-refractivity contribution < 1.29 is 4.74 Å². The number of hydrogen-bond acceptors (Lipinski definition) is 1. The van der Waals surface area contributed by atoms with Gasteiger partial charge in [0.25, 0.3) is 0 Å². The molecule has 1 aliphatic rings. The van der Waals surface area contributed by atoms with Crippen LogP contribution in [0.15, 0.2) is 23.3 Å². The van der Waals surface area contributed by atoms with E-state index < -0.39 is 0 Å². The van der Waals surface area contributed by atoms with Gasteiger partial charge in [0.05, 0.1) is 13.2 Å². The van der Waals surface area contributed by atoms with Gasteiger partial charge in [-0.05, 0) is 31.1 Å². The monoisotopic (exact) mass is 148 g/mol. The molecule has 58 valence electrons. The molecule has 1 heteroatoms. The Labute approximate surface area is 67.8 Å². The summed E-state index contributed by atoms with van der Waals surface area (Å²) in [5.74, 6) is 2.47. The average molecular weight is 148 g/mol. The number of rotatable bonds is 1. The lowest BCUT2D eigenvalue weighted by Gasteiger charge is -2.14. The van der Waals surface area contributed by atoms with Gasteiger partial charge >= 0.3 is 0 Å². The molecule has 1 heterocycles.